The number of hydrogen-bond donors (Lipinski definition) is 0. The van der Waals surface area contributed by atoms with E-state index in [2.05, 4.69) is 10.00 Å². The van der Waals surface area contributed by atoms with E-state index < -0.39 is 0 Å². The summed E-state index contributed by atoms with van der Waals surface area (Å²) < 4.78 is 6.85. The van der Waals surface area contributed by atoms with Crippen molar-refractivity contribution >= 4 is 16.8 Å². The maximum absolute atomic E-state index is 12.7. The number of fused-ring (bicyclic) bond motifs is 1. The maximum Gasteiger partial charge on any atom is 0.320 e. The standard InChI is InChI=1S/C19H25N5O3/c1-15-16-4-2-3-5-17(16)18(25)24(20-15)14-21-6-8-22(9-7-21)19(26)23-10-12-27-13-11-23/h2-5H,6-14H2,1H3. The van der Waals surface area contributed by atoms with Gasteiger partial charge in [-0.3, -0.25) is 9.69 Å². The molecule has 0 saturated carbocycles. The Kier molecular flexibility index (Phi) is 5.09. The van der Waals surface area contributed by atoms with Crippen LogP contribution in [0.3, 0.4) is 0 Å². The zero-order chi connectivity index (χ0) is 18.8. The quantitative estimate of drug-likeness (QED) is 0.778. The molecule has 1 aromatic heterocycles. The van der Waals surface area contributed by atoms with Crippen molar-refractivity contribution in [2.45, 2.75) is 13.6 Å². The summed E-state index contributed by atoms with van der Waals surface area (Å²) in [6.45, 7) is 7.72. The van der Waals surface area contributed by atoms with Gasteiger partial charge >= 0.3 is 6.03 Å². The van der Waals surface area contributed by atoms with E-state index in [0.29, 0.717) is 51.4 Å². The summed E-state index contributed by atoms with van der Waals surface area (Å²) in [5, 5.41) is 6.08. The minimum absolute atomic E-state index is 0.0666. The first-order chi connectivity index (χ1) is 13.1. The maximum atomic E-state index is 12.7. The highest BCUT2D eigenvalue weighted by molar-refractivity contribution is 5.83. The number of amides is 2. The Bertz CT molecular complexity index is 883. The molecule has 144 valence electrons. The molecule has 8 heteroatoms. The van der Waals surface area contributed by atoms with Crippen LogP contribution in [0.5, 0.6) is 0 Å². The Morgan fingerprint density at radius 2 is 1.63 bits per heavy atom. The van der Waals surface area contributed by atoms with E-state index in [0.717, 1.165) is 24.2 Å². The number of carbonyl (C=O) groups excluding carboxylic acids is 1. The van der Waals surface area contributed by atoms with E-state index in [-0.39, 0.29) is 11.6 Å². The average Bonchev–Trinajstić information content (AvgIpc) is 2.72. The van der Waals surface area contributed by atoms with Gasteiger partial charge in [-0.05, 0) is 13.0 Å². The van der Waals surface area contributed by atoms with Crippen LogP contribution in [0.1, 0.15) is 5.69 Å². The molecule has 0 unspecified atom stereocenters. The minimum atomic E-state index is -0.0666. The molecule has 1 aromatic carbocycles. The molecule has 8 nitrogen and oxygen atoms in total. The van der Waals surface area contributed by atoms with Crippen LogP contribution in [-0.4, -0.2) is 83.0 Å². The van der Waals surface area contributed by atoms with Crippen LogP contribution in [0, 0.1) is 6.92 Å². The van der Waals surface area contributed by atoms with Crippen LogP contribution in [-0.2, 0) is 11.4 Å². The lowest BCUT2D eigenvalue weighted by Gasteiger charge is -2.38. The van der Waals surface area contributed by atoms with Crippen LogP contribution >= 0.6 is 0 Å². The lowest BCUT2D eigenvalue weighted by Crippen LogP contribution is -2.55. The molecule has 2 aromatic rings. The minimum Gasteiger partial charge on any atom is -0.378 e. The fourth-order valence-corrected chi connectivity index (χ4v) is 3.72. The number of hydrogen-bond acceptors (Lipinski definition) is 5. The van der Waals surface area contributed by atoms with Gasteiger partial charge in [0, 0.05) is 44.7 Å². The zero-order valence-corrected chi connectivity index (χ0v) is 15.6. The van der Waals surface area contributed by atoms with Gasteiger partial charge in [0.1, 0.15) is 0 Å². The van der Waals surface area contributed by atoms with Gasteiger partial charge in [0.15, 0.2) is 0 Å². The normalized spacial score (nSPS) is 18.9. The van der Waals surface area contributed by atoms with Crippen molar-refractivity contribution < 1.29 is 9.53 Å². The largest absolute Gasteiger partial charge is 0.378 e. The summed E-state index contributed by atoms with van der Waals surface area (Å²) in [5.41, 5.74) is 0.786. The van der Waals surface area contributed by atoms with E-state index in [1.54, 1.807) is 0 Å². The monoisotopic (exact) mass is 371 g/mol. The Hall–Kier alpha value is -2.45. The molecule has 0 spiro atoms. The molecule has 3 heterocycles. The van der Waals surface area contributed by atoms with E-state index in [1.807, 2.05) is 41.0 Å². The van der Waals surface area contributed by atoms with Gasteiger partial charge in [-0.15, -0.1) is 0 Å². The van der Waals surface area contributed by atoms with Crippen molar-refractivity contribution in [3.05, 3.63) is 40.3 Å². The zero-order valence-electron chi connectivity index (χ0n) is 15.6. The second-order valence-electron chi connectivity index (χ2n) is 7.06. The predicted molar refractivity (Wildman–Crippen MR) is 102 cm³/mol. The van der Waals surface area contributed by atoms with Gasteiger partial charge in [-0.2, -0.15) is 5.10 Å². The molecule has 2 saturated heterocycles. The number of aromatic nitrogens is 2. The van der Waals surface area contributed by atoms with E-state index >= 15 is 0 Å². The van der Waals surface area contributed by atoms with E-state index in [1.165, 1.54) is 4.68 Å². The highest BCUT2D eigenvalue weighted by Crippen LogP contribution is 2.13. The van der Waals surface area contributed by atoms with Crippen LogP contribution in [0.25, 0.3) is 10.8 Å². The molecule has 27 heavy (non-hydrogen) atoms. The lowest BCUT2D eigenvalue weighted by molar-refractivity contribution is 0.0353. The first kappa shape index (κ1) is 17.9. The second-order valence-corrected chi connectivity index (χ2v) is 7.06. The predicted octanol–water partition coefficient (Wildman–Crippen LogP) is 0.732. The summed E-state index contributed by atoms with van der Waals surface area (Å²) in [4.78, 5) is 31.2. The molecule has 2 amide bonds. The summed E-state index contributed by atoms with van der Waals surface area (Å²) >= 11 is 0. The smallest absolute Gasteiger partial charge is 0.320 e. The van der Waals surface area contributed by atoms with Crippen molar-refractivity contribution in [3.8, 4) is 0 Å². The third-order valence-corrected chi connectivity index (χ3v) is 5.31. The van der Waals surface area contributed by atoms with Gasteiger partial charge in [0.05, 0.1) is 31.0 Å². The number of ether oxygens (including phenoxy) is 1. The molecule has 0 N–H and O–H groups in total. The molecule has 2 aliphatic heterocycles. The Morgan fingerprint density at radius 3 is 2.33 bits per heavy atom. The van der Waals surface area contributed by atoms with Crippen LogP contribution in [0.2, 0.25) is 0 Å². The highest BCUT2D eigenvalue weighted by Gasteiger charge is 2.26. The summed E-state index contributed by atoms with van der Waals surface area (Å²) in [7, 11) is 0. The lowest BCUT2D eigenvalue weighted by atomic mass is 10.1. The SMILES string of the molecule is Cc1nn(CN2CCN(C(=O)N3CCOCC3)CC2)c(=O)c2ccccc12. The number of carbonyl (C=O) groups is 1. The van der Waals surface area contributed by atoms with Crippen molar-refractivity contribution in [3.63, 3.8) is 0 Å². The number of aryl methyl sites for hydroxylation is 1. The first-order valence-corrected chi connectivity index (χ1v) is 9.44. The number of urea groups is 1. The van der Waals surface area contributed by atoms with Gasteiger partial charge in [-0.1, -0.05) is 18.2 Å². The van der Waals surface area contributed by atoms with Crippen LogP contribution in [0.15, 0.2) is 29.1 Å². The fraction of sp³-hybridized carbons (Fsp3) is 0.526. The number of nitrogens with zero attached hydrogens (tertiary/aromatic N) is 5. The van der Waals surface area contributed by atoms with Crippen LogP contribution in [0.4, 0.5) is 4.79 Å². The number of morpholine rings is 1. The summed E-state index contributed by atoms with van der Waals surface area (Å²) in [5.74, 6) is 0. The molecule has 4 rings (SSSR count). The Morgan fingerprint density at radius 1 is 1.00 bits per heavy atom. The highest BCUT2D eigenvalue weighted by atomic mass is 16.5. The van der Waals surface area contributed by atoms with E-state index in [4.69, 9.17) is 4.74 Å². The number of benzene rings is 1. The average molecular weight is 371 g/mol. The van der Waals surface area contributed by atoms with Crippen molar-refractivity contribution in [1.82, 2.24) is 24.5 Å². The van der Waals surface area contributed by atoms with E-state index in [9.17, 15) is 9.59 Å². The Balaban J connectivity index is 1.41. The Labute approximate surface area is 157 Å². The first-order valence-electron chi connectivity index (χ1n) is 9.44. The third-order valence-electron chi connectivity index (χ3n) is 5.31. The van der Waals surface area contributed by atoms with Crippen LogP contribution < -0.4 is 5.56 Å². The van der Waals surface area contributed by atoms with Gasteiger partial charge in [0.25, 0.3) is 5.56 Å². The van der Waals surface area contributed by atoms with Crippen molar-refractivity contribution in [2.75, 3.05) is 52.5 Å². The summed E-state index contributed by atoms with van der Waals surface area (Å²) in [6, 6.07) is 7.67. The summed E-state index contributed by atoms with van der Waals surface area (Å²) in [6.07, 6.45) is 0. The fourth-order valence-electron chi connectivity index (χ4n) is 3.72. The third kappa shape index (κ3) is 3.68. The number of piperazine rings is 1. The van der Waals surface area contributed by atoms with Crippen molar-refractivity contribution in [2.24, 2.45) is 0 Å². The molecular formula is C19H25N5O3. The van der Waals surface area contributed by atoms with Gasteiger partial charge in [0.2, 0.25) is 0 Å². The molecule has 2 aliphatic rings. The molecule has 0 atom stereocenters. The molecule has 0 aliphatic carbocycles. The number of rotatable bonds is 2. The molecular weight excluding hydrogens is 346 g/mol. The molecule has 2 fully saturated rings. The second kappa shape index (κ2) is 7.66. The van der Waals surface area contributed by atoms with Gasteiger partial charge < -0.3 is 14.5 Å². The molecule has 0 bridgehead atoms. The topological polar surface area (TPSA) is 70.9 Å². The molecule has 0 radical (unpaired) electrons. The van der Waals surface area contributed by atoms with Crippen molar-refractivity contribution in [1.29, 1.82) is 0 Å². The van der Waals surface area contributed by atoms with Gasteiger partial charge in [-0.25, -0.2) is 9.48 Å².